The fourth-order valence-electron chi connectivity index (χ4n) is 2.30. The number of imidazole rings is 1. The minimum Gasteiger partial charge on any atom is -0.393 e. The molecule has 0 amide bonds. The minimum absolute atomic E-state index is 0.0160. The van der Waals surface area contributed by atoms with Gasteiger partial charge in [0, 0.05) is 12.5 Å². The van der Waals surface area contributed by atoms with Crippen LogP contribution in [0.5, 0.6) is 0 Å². The van der Waals surface area contributed by atoms with Gasteiger partial charge in [0.25, 0.3) is 10.0 Å². The van der Waals surface area contributed by atoms with Crippen LogP contribution in [0.2, 0.25) is 0 Å². The van der Waals surface area contributed by atoms with E-state index in [4.69, 9.17) is 0 Å². The standard InChI is InChI=1S/C12H21N3O3S/c1-8(2)12-13-7-11(15-12)19(17,18)14-6-9-4-3-5-10(9)16/h7-10,14,16H,3-6H2,1-2H3,(H,13,15). The van der Waals surface area contributed by atoms with Gasteiger partial charge < -0.3 is 10.1 Å². The molecule has 0 saturated heterocycles. The summed E-state index contributed by atoms with van der Waals surface area (Å²) in [7, 11) is -3.56. The van der Waals surface area contributed by atoms with Crippen LogP contribution in [-0.4, -0.2) is 36.1 Å². The quantitative estimate of drug-likeness (QED) is 0.752. The molecule has 0 bridgehead atoms. The zero-order chi connectivity index (χ0) is 14.0. The molecule has 2 atom stereocenters. The van der Waals surface area contributed by atoms with Crippen molar-refractivity contribution in [2.75, 3.05) is 6.54 Å². The van der Waals surface area contributed by atoms with Crippen molar-refractivity contribution >= 4 is 10.0 Å². The van der Waals surface area contributed by atoms with Crippen molar-refractivity contribution in [1.82, 2.24) is 14.7 Å². The molecule has 0 aromatic carbocycles. The van der Waals surface area contributed by atoms with Crippen LogP contribution in [0.3, 0.4) is 0 Å². The lowest BCUT2D eigenvalue weighted by molar-refractivity contribution is 0.134. The Morgan fingerprint density at radius 1 is 1.53 bits per heavy atom. The number of aliphatic hydroxyl groups is 1. The van der Waals surface area contributed by atoms with Gasteiger partial charge in [0.1, 0.15) is 5.82 Å². The zero-order valence-electron chi connectivity index (χ0n) is 11.3. The van der Waals surface area contributed by atoms with E-state index in [0.717, 1.165) is 19.3 Å². The fraction of sp³-hybridized carbons (Fsp3) is 0.750. The van der Waals surface area contributed by atoms with E-state index in [1.54, 1.807) is 0 Å². The summed E-state index contributed by atoms with van der Waals surface area (Å²) >= 11 is 0. The fourth-order valence-corrected chi connectivity index (χ4v) is 3.32. The molecule has 1 aromatic rings. The Hall–Kier alpha value is -0.920. The normalized spacial score (nSPS) is 24.2. The van der Waals surface area contributed by atoms with E-state index >= 15 is 0 Å². The lowest BCUT2D eigenvalue weighted by Crippen LogP contribution is -2.32. The van der Waals surface area contributed by atoms with Gasteiger partial charge in [-0.15, -0.1) is 0 Å². The van der Waals surface area contributed by atoms with Gasteiger partial charge in [-0.1, -0.05) is 20.3 Å². The number of aromatic amines is 1. The van der Waals surface area contributed by atoms with Crippen LogP contribution in [-0.2, 0) is 10.0 Å². The highest BCUT2D eigenvalue weighted by Crippen LogP contribution is 2.25. The molecule has 2 rings (SSSR count). The summed E-state index contributed by atoms with van der Waals surface area (Å²) in [6.45, 7) is 4.16. The molecule has 7 heteroatoms. The van der Waals surface area contributed by atoms with Gasteiger partial charge in [-0.2, -0.15) is 0 Å². The second-order valence-electron chi connectivity index (χ2n) is 5.40. The third-order valence-electron chi connectivity index (χ3n) is 3.56. The lowest BCUT2D eigenvalue weighted by atomic mass is 10.1. The molecule has 1 saturated carbocycles. The second-order valence-corrected chi connectivity index (χ2v) is 7.13. The van der Waals surface area contributed by atoms with Gasteiger partial charge in [0.2, 0.25) is 0 Å². The van der Waals surface area contributed by atoms with E-state index < -0.39 is 16.1 Å². The number of hydrogen-bond donors (Lipinski definition) is 3. The monoisotopic (exact) mass is 287 g/mol. The number of aromatic nitrogens is 2. The Morgan fingerprint density at radius 3 is 2.79 bits per heavy atom. The maximum absolute atomic E-state index is 12.1. The number of nitrogens with one attached hydrogen (secondary N) is 2. The van der Waals surface area contributed by atoms with Crippen LogP contribution in [0.25, 0.3) is 0 Å². The average molecular weight is 287 g/mol. The number of hydrogen-bond acceptors (Lipinski definition) is 4. The molecular weight excluding hydrogens is 266 g/mol. The zero-order valence-corrected chi connectivity index (χ0v) is 12.1. The Morgan fingerprint density at radius 2 is 2.26 bits per heavy atom. The first-order valence-corrected chi connectivity index (χ1v) is 8.11. The van der Waals surface area contributed by atoms with Crippen molar-refractivity contribution in [3.05, 3.63) is 12.0 Å². The predicted octanol–water partition coefficient (Wildman–Crippen LogP) is 0.972. The summed E-state index contributed by atoms with van der Waals surface area (Å²) in [6.07, 6.45) is 3.52. The van der Waals surface area contributed by atoms with Crippen LogP contribution in [0, 0.1) is 5.92 Å². The maximum atomic E-state index is 12.1. The van der Waals surface area contributed by atoms with Crippen molar-refractivity contribution < 1.29 is 13.5 Å². The van der Waals surface area contributed by atoms with E-state index in [1.807, 2.05) is 13.8 Å². The molecule has 19 heavy (non-hydrogen) atoms. The molecule has 2 unspecified atom stereocenters. The molecule has 1 fully saturated rings. The number of aliphatic hydroxyl groups excluding tert-OH is 1. The third kappa shape index (κ3) is 3.34. The van der Waals surface area contributed by atoms with Gasteiger partial charge in [-0.25, -0.2) is 18.1 Å². The SMILES string of the molecule is CC(C)c1ncc(S(=O)(=O)NCC2CCCC2O)[nH]1. The van der Waals surface area contributed by atoms with Crippen molar-refractivity contribution in [2.24, 2.45) is 5.92 Å². The van der Waals surface area contributed by atoms with E-state index in [0.29, 0.717) is 5.82 Å². The highest BCUT2D eigenvalue weighted by Gasteiger charge is 2.27. The van der Waals surface area contributed by atoms with Crippen molar-refractivity contribution in [1.29, 1.82) is 0 Å². The van der Waals surface area contributed by atoms with E-state index in [9.17, 15) is 13.5 Å². The summed E-state index contributed by atoms with van der Waals surface area (Å²) in [5.74, 6) is 0.823. The molecule has 0 aliphatic heterocycles. The number of H-pyrrole nitrogens is 1. The predicted molar refractivity (Wildman–Crippen MR) is 71.2 cm³/mol. The maximum Gasteiger partial charge on any atom is 0.257 e. The molecule has 0 spiro atoms. The van der Waals surface area contributed by atoms with E-state index in [-0.39, 0.29) is 23.4 Å². The number of sulfonamides is 1. The van der Waals surface area contributed by atoms with E-state index in [2.05, 4.69) is 14.7 Å². The molecule has 1 aliphatic carbocycles. The van der Waals surface area contributed by atoms with Crippen molar-refractivity contribution in [3.63, 3.8) is 0 Å². The van der Waals surface area contributed by atoms with Crippen molar-refractivity contribution in [2.45, 2.75) is 50.2 Å². The molecule has 1 heterocycles. The molecule has 1 aromatic heterocycles. The molecule has 6 nitrogen and oxygen atoms in total. The minimum atomic E-state index is -3.56. The lowest BCUT2D eigenvalue weighted by Gasteiger charge is -2.14. The summed E-state index contributed by atoms with van der Waals surface area (Å²) < 4.78 is 26.7. The molecule has 3 N–H and O–H groups in total. The van der Waals surface area contributed by atoms with Crippen molar-refractivity contribution in [3.8, 4) is 0 Å². The van der Waals surface area contributed by atoms with Crippen LogP contribution in [0.1, 0.15) is 44.9 Å². The Balaban J connectivity index is 2.01. The van der Waals surface area contributed by atoms with Gasteiger partial charge in [-0.05, 0) is 18.8 Å². The largest absolute Gasteiger partial charge is 0.393 e. The molecule has 0 radical (unpaired) electrons. The number of rotatable bonds is 5. The summed E-state index contributed by atoms with van der Waals surface area (Å²) in [6, 6.07) is 0. The first-order valence-electron chi connectivity index (χ1n) is 6.63. The third-order valence-corrected chi connectivity index (χ3v) is 4.90. The van der Waals surface area contributed by atoms with E-state index in [1.165, 1.54) is 6.20 Å². The topological polar surface area (TPSA) is 95.1 Å². The highest BCUT2D eigenvalue weighted by molar-refractivity contribution is 7.89. The first-order chi connectivity index (χ1) is 8.90. The average Bonchev–Trinajstić information content (AvgIpc) is 2.95. The van der Waals surface area contributed by atoms with Crippen LogP contribution in [0.15, 0.2) is 11.2 Å². The van der Waals surface area contributed by atoms with Crippen LogP contribution < -0.4 is 4.72 Å². The van der Waals surface area contributed by atoms with Gasteiger partial charge in [0.15, 0.2) is 5.03 Å². The summed E-state index contributed by atoms with van der Waals surface area (Å²) in [4.78, 5) is 6.87. The Bertz CT molecular complexity index is 524. The Labute approximate surface area is 113 Å². The smallest absolute Gasteiger partial charge is 0.257 e. The second kappa shape index (κ2) is 5.60. The highest BCUT2D eigenvalue weighted by atomic mass is 32.2. The molecular formula is C12H21N3O3S. The van der Waals surface area contributed by atoms with Gasteiger partial charge in [-0.3, -0.25) is 0 Å². The van der Waals surface area contributed by atoms with Crippen LogP contribution >= 0.6 is 0 Å². The number of nitrogens with zero attached hydrogens (tertiary/aromatic N) is 1. The summed E-state index contributed by atoms with van der Waals surface area (Å²) in [5, 5.41) is 9.77. The Kier molecular flexibility index (Phi) is 4.27. The van der Waals surface area contributed by atoms with Gasteiger partial charge >= 0.3 is 0 Å². The molecule has 1 aliphatic rings. The molecule has 108 valence electrons. The summed E-state index contributed by atoms with van der Waals surface area (Å²) in [5.41, 5.74) is 0. The van der Waals surface area contributed by atoms with Crippen LogP contribution in [0.4, 0.5) is 0 Å². The van der Waals surface area contributed by atoms with Gasteiger partial charge in [0.05, 0.1) is 12.3 Å². The first kappa shape index (κ1) is 14.5.